The standard InChI is InChI=1S/C46H28N4O/c1-4-14-29(15-5-1)36-28-41(48-46(47-36)30-16-6-2-7-17-30)50-37-22-12-10-21-34(37)42-38(50)27-25-35-43-39(49(44(35)42)31-18-8-3-9-19-31)26-24-33-32-20-11-13-23-40(32)51-45(33)43/h1-28H. The Morgan fingerprint density at radius 2 is 1.06 bits per heavy atom. The normalized spacial score (nSPS) is 11.9. The number of hydrogen-bond acceptors (Lipinski definition) is 3. The minimum atomic E-state index is 0.685. The minimum absolute atomic E-state index is 0.685. The van der Waals surface area contributed by atoms with Crippen LogP contribution in [0, 0.1) is 0 Å². The van der Waals surface area contributed by atoms with Gasteiger partial charge in [0.2, 0.25) is 0 Å². The first-order valence-electron chi connectivity index (χ1n) is 17.2. The van der Waals surface area contributed by atoms with Crippen molar-refractivity contribution in [2.45, 2.75) is 0 Å². The Balaban J connectivity index is 1.30. The first-order valence-corrected chi connectivity index (χ1v) is 17.2. The van der Waals surface area contributed by atoms with Crippen LogP contribution >= 0.6 is 0 Å². The zero-order valence-electron chi connectivity index (χ0n) is 27.4. The molecule has 4 aromatic heterocycles. The number of hydrogen-bond donors (Lipinski definition) is 0. The summed E-state index contributed by atoms with van der Waals surface area (Å²) >= 11 is 0. The smallest absolute Gasteiger partial charge is 0.162 e. The predicted octanol–water partition coefficient (Wildman–Crippen LogP) is 11.9. The van der Waals surface area contributed by atoms with Crippen molar-refractivity contribution in [3.63, 3.8) is 0 Å². The topological polar surface area (TPSA) is 48.8 Å². The van der Waals surface area contributed by atoms with Gasteiger partial charge in [0.15, 0.2) is 5.82 Å². The third-order valence-corrected chi connectivity index (χ3v) is 10.1. The summed E-state index contributed by atoms with van der Waals surface area (Å²) < 4.78 is 11.4. The summed E-state index contributed by atoms with van der Waals surface area (Å²) in [6.07, 6.45) is 0. The van der Waals surface area contributed by atoms with Crippen molar-refractivity contribution in [2.24, 2.45) is 0 Å². The Labute approximate surface area is 292 Å². The summed E-state index contributed by atoms with van der Waals surface area (Å²) in [7, 11) is 0. The molecule has 0 bridgehead atoms. The molecule has 0 unspecified atom stereocenters. The van der Waals surface area contributed by atoms with Gasteiger partial charge in [-0.2, -0.15) is 0 Å². The lowest BCUT2D eigenvalue weighted by atomic mass is 10.1. The molecular weight excluding hydrogens is 625 g/mol. The zero-order chi connectivity index (χ0) is 33.5. The van der Waals surface area contributed by atoms with Crippen molar-refractivity contribution in [2.75, 3.05) is 0 Å². The largest absolute Gasteiger partial charge is 0.455 e. The molecule has 5 heteroatoms. The van der Waals surface area contributed by atoms with E-state index >= 15 is 0 Å². The molecule has 0 spiro atoms. The van der Waals surface area contributed by atoms with E-state index in [1.807, 2.05) is 30.3 Å². The van der Waals surface area contributed by atoms with Crippen LogP contribution in [0.15, 0.2) is 174 Å². The molecule has 4 heterocycles. The molecule has 7 aromatic carbocycles. The van der Waals surface area contributed by atoms with Crippen molar-refractivity contribution >= 4 is 65.6 Å². The fourth-order valence-corrected chi connectivity index (χ4v) is 7.94. The van der Waals surface area contributed by atoms with E-state index in [2.05, 4.69) is 149 Å². The maximum Gasteiger partial charge on any atom is 0.162 e. The van der Waals surface area contributed by atoms with Gasteiger partial charge in [0.1, 0.15) is 17.0 Å². The van der Waals surface area contributed by atoms with Crippen molar-refractivity contribution in [3.8, 4) is 34.2 Å². The van der Waals surface area contributed by atoms with Gasteiger partial charge >= 0.3 is 0 Å². The molecule has 11 rings (SSSR count). The first-order chi connectivity index (χ1) is 25.3. The van der Waals surface area contributed by atoms with Gasteiger partial charge in [0, 0.05) is 49.8 Å². The molecule has 0 aliphatic rings. The molecular formula is C46H28N4O. The van der Waals surface area contributed by atoms with Crippen molar-refractivity contribution in [1.82, 2.24) is 19.1 Å². The SMILES string of the molecule is c1ccc(-c2cc(-n3c4ccccc4c4c3ccc3c5c6oc7ccccc7c6ccc5n(-c5ccccc5)c34)nc(-c3ccccc3)n2)cc1. The number of nitrogens with zero attached hydrogens (tertiary/aromatic N) is 4. The van der Waals surface area contributed by atoms with Crippen LogP contribution in [-0.2, 0) is 0 Å². The van der Waals surface area contributed by atoms with Gasteiger partial charge in [-0.15, -0.1) is 0 Å². The Hall–Kier alpha value is -6.98. The average molecular weight is 653 g/mol. The van der Waals surface area contributed by atoms with Gasteiger partial charge < -0.3 is 8.98 Å². The van der Waals surface area contributed by atoms with Crippen molar-refractivity contribution < 1.29 is 4.42 Å². The van der Waals surface area contributed by atoms with Gasteiger partial charge in [-0.1, -0.05) is 115 Å². The van der Waals surface area contributed by atoms with Crippen molar-refractivity contribution in [3.05, 3.63) is 170 Å². The fraction of sp³-hybridized carbons (Fsp3) is 0. The lowest BCUT2D eigenvalue weighted by molar-refractivity contribution is 0.673. The highest BCUT2D eigenvalue weighted by Gasteiger charge is 2.24. The number of furan rings is 1. The molecule has 5 nitrogen and oxygen atoms in total. The van der Waals surface area contributed by atoms with E-state index < -0.39 is 0 Å². The molecule has 51 heavy (non-hydrogen) atoms. The van der Waals surface area contributed by atoms with Crippen LogP contribution in [0.5, 0.6) is 0 Å². The fourth-order valence-electron chi connectivity index (χ4n) is 7.94. The second-order valence-corrected chi connectivity index (χ2v) is 13.0. The number of benzene rings is 7. The van der Waals surface area contributed by atoms with Crippen LogP contribution in [-0.4, -0.2) is 19.1 Å². The number of rotatable bonds is 4. The van der Waals surface area contributed by atoms with Gasteiger partial charge in [-0.05, 0) is 48.5 Å². The molecule has 0 saturated carbocycles. The maximum absolute atomic E-state index is 6.67. The summed E-state index contributed by atoms with van der Waals surface area (Å²) in [6, 6.07) is 59.3. The van der Waals surface area contributed by atoms with E-state index in [0.717, 1.165) is 93.9 Å². The van der Waals surface area contributed by atoms with E-state index in [9.17, 15) is 0 Å². The molecule has 0 radical (unpaired) electrons. The molecule has 0 aliphatic heterocycles. The van der Waals surface area contributed by atoms with Crippen LogP contribution in [0.1, 0.15) is 0 Å². The van der Waals surface area contributed by atoms with Gasteiger partial charge in [-0.25, -0.2) is 9.97 Å². The number of aromatic nitrogens is 4. The molecule has 11 aromatic rings. The highest BCUT2D eigenvalue weighted by Crippen LogP contribution is 2.45. The number of fused-ring (bicyclic) bond motifs is 11. The molecule has 0 aliphatic carbocycles. The minimum Gasteiger partial charge on any atom is -0.455 e. The summed E-state index contributed by atoms with van der Waals surface area (Å²) in [5, 5.41) is 6.82. The second kappa shape index (κ2) is 10.8. The molecule has 0 amide bonds. The third-order valence-electron chi connectivity index (χ3n) is 10.1. The zero-order valence-corrected chi connectivity index (χ0v) is 27.4. The summed E-state index contributed by atoms with van der Waals surface area (Å²) in [6.45, 7) is 0. The maximum atomic E-state index is 6.67. The monoisotopic (exact) mass is 652 g/mol. The quantitative estimate of drug-likeness (QED) is 0.190. The average Bonchev–Trinajstić information content (AvgIpc) is 3.86. The molecule has 0 fully saturated rings. The van der Waals surface area contributed by atoms with Crippen LogP contribution in [0.3, 0.4) is 0 Å². The third kappa shape index (κ3) is 4.09. The van der Waals surface area contributed by atoms with Crippen molar-refractivity contribution in [1.29, 1.82) is 0 Å². The number of para-hydroxylation sites is 3. The Morgan fingerprint density at radius 1 is 0.431 bits per heavy atom. The van der Waals surface area contributed by atoms with E-state index in [4.69, 9.17) is 14.4 Å². The Bertz CT molecular complexity index is 3060. The predicted molar refractivity (Wildman–Crippen MR) is 209 cm³/mol. The molecule has 0 atom stereocenters. The van der Waals surface area contributed by atoms with Crippen LogP contribution in [0.4, 0.5) is 0 Å². The summed E-state index contributed by atoms with van der Waals surface area (Å²) in [5.41, 5.74) is 10.2. The van der Waals surface area contributed by atoms with Gasteiger partial charge in [-0.3, -0.25) is 4.57 Å². The Kier molecular flexibility index (Phi) is 5.89. The van der Waals surface area contributed by atoms with Crippen LogP contribution < -0.4 is 0 Å². The lowest BCUT2D eigenvalue weighted by Crippen LogP contribution is -2.02. The van der Waals surface area contributed by atoms with E-state index in [1.54, 1.807) is 0 Å². The van der Waals surface area contributed by atoms with Gasteiger partial charge in [0.25, 0.3) is 0 Å². The first kappa shape index (κ1) is 27.9. The highest BCUT2D eigenvalue weighted by atomic mass is 16.3. The highest BCUT2D eigenvalue weighted by molar-refractivity contribution is 6.30. The Morgan fingerprint density at radius 3 is 1.84 bits per heavy atom. The van der Waals surface area contributed by atoms with Crippen LogP contribution in [0.2, 0.25) is 0 Å². The van der Waals surface area contributed by atoms with E-state index in [1.165, 1.54) is 0 Å². The van der Waals surface area contributed by atoms with Gasteiger partial charge in [0.05, 0.1) is 33.1 Å². The lowest BCUT2D eigenvalue weighted by Gasteiger charge is -2.12. The molecule has 0 N–H and O–H groups in total. The molecule has 0 saturated heterocycles. The molecule has 238 valence electrons. The summed E-state index contributed by atoms with van der Waals surface area (Å²) in [4.78, 5) is 10.4. The van der Waals surface area contributed by atoms with Crippen LogP contribution in [0.25, 0.3) is 99.7 Å². The van der Waals surface area contributed by atoms with E-state index in [-0.39, 0.29) is 0 Å². The second-order valence-electron chi connectivity index (χ2n) is 13.0. The summed E-state index contributed by atoms with van der Waals surface area (Å²) in [5.74, 6) is 1.50. The van der Waals surface area contributed by atoms with E-state index in [0.29, 0.717) is 5.82 Å².